The maximum Gasteiger partial charge on any atom is 0.266 e. The summed E-state index contributed by atoms with van der Waals surface area (Å²) in [4.78, 5) is 6.46. The van der Waals surface area contributed by atoms with Crippen molar-refractivity contribution in [1.29, 1.82) is 0 Å². The lowest BCUT2D eigenvalue weighted by molar-refractivity contribution is 0.121. The van der Waals surface area contributed by atoms with Crippen LogP contribution in [0.15, 0.2) is 22.7 Å². The largest absolute Gasteiger partial charge is 0.398 e. The van der Waals surface area contributed by atoms with Crippen molar-refractivity contribution >= 4 is 34.2 Å². The number of hydrogen-bond acceptors (Lipinski definition) is 6. The van der Waals surface area contributed by atoms with Gasteiger partial charge in [0.2, 0.25) is 0 Å². The molecule has 1 aromatic carbocycles. The Morgan fingerprint density at radius 2 is 2.05 bits per heavy atom. The molecule has 1 aliphatic rings. The summed E-state index contributed by atoms with van der Waals surface area (Å²) in [7, 11) is 0. The van der Waals surface area contributed by atoms with E-state index in [0.717, 1.165) is 22.2 Å². The summed E-state index contributed by atoms with van der Waals surface area (Å²) in [5, 5.41) is 4.01. The van der Waals surface area contributed by atoms with E-state index in [9.17, 15) is 0 Å². The zero-order chi connectivity index (χ0) is 13.2. The van der Waals surface area contributed by atoms with E-state index < -0.39 is 0 Å². The Bertz CT molecular complexity index is 581. The second-order valence-corrected chi connectivity index (χ2v) is 5.48. The Hall–Kier alpha value is -1.35. The molecule has 0 radical (unpaired) electrons. The first-order valence-electron chi connectivity index (χ1n) is 5.96. The monoisotopic (exact) mass is 372 g/mol. The summed E-state index contributed by atoms with van der Waals surface area (Å²) in [5.74, 6) is 1.05. The number of benzene rings is 1. The molecule has 1 fully saturated rings. The third kappa shape index (κ3) is 2.66. The highest BCUT2D eigenvalue weighted by molar-refractivity contribution is 14.1. The zero-order valence-electron chi connectivity index (χ0n) is 10.2. The first-order valence-corrected chi connectivity index (χ1v) is 7.04. The summed E-state index contributed by atoms with van der Waals surface area (Å²) in [5.41, 5.74) is 7.36. The Morgan fingerprint density at radius 3 is 2.84 bits per heavy atom. The van der Waals surface area contributed by atoms with Crippen molar-refractivity contribution in [2.24, 2.45) is 0 Å². The number of morpholine rings is 1. The van der Waals surface area contributed by atoms with Crippen molar-refractivity contribution in [2.45, 2.75) is 0 Å². The zero-order valence-corrected chi connectivity index (χ0v) is 12.3. The normalized spacial score (nSPS) is 15.7. The number of halogens is 1. The number of ether oxygens (including phenoxy) is 1. The molecule has 0 unspecified atom stereocenters. The number of nitrogen functional groups attached to an aromatic ring is 1. The van der Waals surface area contributed by atoms with Crippen LogP contribution < -0.4 is 10.6 Å². The van der Waals surface area contributed by atoms with Gasteiger partial charge in [-0.1, -0.05) is 0 Å². The summed E-state index contributed by atoms with van der Waals surface area (Å²) in [6.07, 6.45) is 0. The summed E-state index contributed by atoms with van der Waals surface area (Å²) >= 11 is 2.23. The van der Waals surface area contributed by atoms with E-state index in [1.807, 2.05) is 23.1 Å². The summed E-state index contributed by atoms with van der Waals surface area (Å²) in [6.45, 7) is 2.94. The highest BCUT2D eigenvalue weighted by Gasteiger charge is 2.18. The Morgan fingerprint density at radius 1 is 1.26 bits per heavy atom. The van der Waals surface area contributed by atoms with Gasteiger partial charge in [0.1, 0.15) is 0 Å². The van der Waals surface area contributed by atoms with E-state index in [1.165, 1.54) is 0 Å². The predicted octanol–water partition coefficient (Wildman–Crippen LogP) is 1.76. The van der Waals surface area contributed by atoms with Gasteiger partial charge in [-0.2, -0.15) is 4.98 Å². The molecule has 0 saturated carbocycles. The molecule has 0 spiro atoms. The minimum Gasteiger partial charge on any atom is -0.398 e. The third-order valence-corrected chi connectivity index (χ3v) is 3.63. The molecule has 0 aliphatic carbocycles. The van der Waals surface area contributed by atoms with Crippen molar-refractivity contribution < 1.29 is 9.26 Å². The molecule has 1 aromatic heterocycles. The number of anilines is 2. The van der Waals surface area contributed by atoms with Gasteiger partial charge in [0.15, 0.2) is 0 Å². The maximum atomic E-state index is 5.94. The van der Waals surface area contributed by atoms with Crippen LogP contribution in [0.25, 0.3) is 11.5 Å². The quantitative estimate of drug-likeness (QED) is 0.640. The fourth-order valence-electron chi connectivity index (χ4n) is 1.93. The fraction of sp³-hybridized carbons (Fsp3) is 0.333. The van der Waals surface area contributed by atoms with E-state index in [4.69, 9.17) is 15.0 Å². The van der Waals surface area contributed by atoms with Crippen molar-refractivity contribution in [3.63, 3.8) is 0 Å². The van der Waals surface area contributed by atoms with Gasteiger partial charge in [-0.05, 0) is 45.9 Å². The molecular formula is C12H13IN4O2. The first kappa shape index (κ1) is 12.7. The summed E-state index contributed by atoms with van der Waals surface area (Å²) < 4.78 is 11.7. The average molecular weight is 372 g/mol. The average Bonchev–Trinajstić information content (AvgIpc) is 2.92. The van der Waals surface area contributed by atoms with Crippen LogP contribution in [-0.4, -0.2) is 36.4 Å². The van der Waals surface area contributed by atoms with Gasteiger partial charge in [-0.15, -0.1) is 0 Å². The SMILES string of the molecule is Nc1ccc(I)cc1-c1nc(N2CCOCC2)no1. The van der Waals surface area contributed by atoms with Crippen LogP contribution >= 0.6 is 22.6 Å². The van der Waals surface area contributed by atoms with E-state index in [2.05, 4.69) is 32.7 Å². The van der Waals surface area contributed by atoms with Gasteiger partial charge in [0.05, 0.1) is 18.8 Å². The smallest absolute Gasteiger partial charge is 0.266 e. The first-order chi connectivity index (χ1) is 9.24. The van der Waals surface area contributed by atoms with Gasteiger partial charge in [-0.3, -0.25) is 0 Å². The molecule has 1 aliphatic heterocycles. The topological polar surface area (TPSA) is 77.4 Å². The molecular weight excluding hydrogens is 359 g/mol. The van der Waals surface area contributed by atoms with Crippen molar-refractivity contribution in [1.82, 2.24) is 10.1 Å². The molecule has 1 saturated heterocycles. The second kappa shape index (κ2) is 5.33. The summed E-state index contributed by atoms with van der Waals surface area (Å²) in [6, 6.07) is 5.72. The Labute approximate surface area is 124 Å². The minimum atomic E-state index is 0.456. The fourth-order valence-corrected chi connectivity index (χ4v) is 2.42. The Balaban J connectivity index is 1.89. The van der Waals surface area contributed by atoms with Gasteiger partial charge in [-0.25, -0.2) is 0 Å². The molecule has 19 heavy (non-hydrogen) atoms. The lowest BCUT2D eigenvalue weighted by Gasteiger charge is -2.24. The molecule has 2 N–H and O–H groups in total. The Kier molecular flexibility index (Phi) is 3.56. The molecule has 100 valence electrons. The van der Waals surface area contributed by atoms with Gasteiger partial charge < -0.3 is 19.9 Å². The van der Waals surface area contributed by atoms with E-state index in [0.29, 0.717) is 30.7 Å². The van der Waals surface area contributed by atoms with Crippen molar-refractivity contribution in [3.05, 3.63) is 21.8 Å². The van der Waals surface area contributed by atoms with E-state index >= 15 is 0 Å². The standard InChI is InChI=1S/C12H13IN4O2/c13-8-1-2-10(14)9(7-8)11-15-12(16-19-11)17-3-5-18-6-4-17/h1-2,7H,3-6,14H2. The molecule has 0 atom stereocenters. The van der Waals surface area contributed by atoms with E-state index in [1.54, 1.807) is 0 Å². The maximum absolute atomic E-state index is 5.94. The van der Waals surface area contributed by atoms with Crippen LogP contribution in [0.2, 0.25) is 0 Å². The number of aromatic nitrogens is 2. The molecule has 2 aromatic rings. The second-order valence-electron chi connectivity index (χ2n) is 4.23. The van der Waals surface area contributed by atoms with Crippen LogP contribution in [0, 0.1) is 3.57 Å². The lowest BCUT2D eigenvalue weighted by Crippen LogP contribution is -2.36. The van der Waals surface area contributed by atoms with Gasteiger partial charge >= 0.3 is 0 Å². The van der Waals surface area contributed by atoms with Crippen LogP contribution in [0.5, 0.6) is 0 Å². The van der Waals surface area contributed by atoms with Gasteiger partial charge in [0, 0.05) is 22.3 Å². The lowest BCUT2D eigenvalue weighted by atomic mass is 10.2. The highest BCUT2D eigenvalue weighted by Crippen LogP contribution is 2.27. The molecule has 6 nitrogen and oxygen atoms in total. The number of rotatable bonds is 2. The number of nitrogens with zero attached hydrogens (tertiary/aromatic N) is 3. The number of nitrogens with two attached hydrogens (primary N) is 1. The molecule has 3 rings (SSSR count). The highest BCUT2D eigenvalue weighted by atomic mass is 127. The van der Waals surface area contributed by atoms with E-state index in [-0.39, 0.29) is 0 Å². The van der Waals surface area contributed by atoms with Crippen molar-refractivity contribution in [3.8, 4) is 11.5 Å². The molecule has 7 heteroatoms. The minimum absolute atomic E-state index is 0.456. The number of hydrogen-bond donors (Lipinski definition) is 1. The van der Waals surface area contributed by atoms with Gasteiger partial charge in [0.25, 0.3) is 11.8 Å². The van der Waals surface area contributed by atoms with Crippen LogP contribution in [0.4, 0.5) is 11.6 Å². The van der Waals surface area contributed by atoms with Crippen molar-refractivity contribution in [2.75, 3.05) is 36.9 Å². The molecule has 0 bridgehead atoms. The molecule has 2 heterocycles. The molecule has 0 amide bonds. The van der Waals surface area contributed by atoms with Crippen LogP contribution in [0.1, 0.15) is 0 Å². The van der Waals surface area contributed by atoms with Crippen LogP contribution in [0.3, 0.4) is 0 Å². The van der Waals surface area contributed by atoms with Crippen LogP contribution in [-0.2, 0) is 4.74 Å². The predicted molar refractivity (Wildman–Crippen MR) is 79.9 cm³/mol. The third-order valence-electron chi connectivity index (χ3n) is 2.95.